The van der Waals surface area contributed by atoms with Gasteiger partial charge < -0.3 is 18.8 Å². The molecule has 2 aliphatic rings. The van der Waals surface area contributed by atoms with Crippen LogP contribution in [0.2, 0.25) is 0 Å². The van der Waals surface area contributed by atoms with Gasteiger partial charge in [-0.3, -0.25) is 4.99 Å². The maximum absolute atomic E-state index is 8.76. The predicted octanol–water partition coefficient (Wildman–Crippen LogP) is 2.40. The van der Waals surface area contributed by atoms with E-state index in [0.717, 1.165) is 5.71 Å². The van der Waals surface area contributed by atoms with E-state index >= 15 is 0 Å². The minimum atomic E-state index is -1.36. The maximum atomic E-state index is 8.76. The van der Waals surface area contributed by atoms with E-state index in [0.29, 0.717) is 5.47 Å². The molecule has 1 fully saturated rings. The minimum Gasteiger partial charge on any atom is -0.399 e. The lowest BCUT2D eigenvalue weighted by Crippen LogP contribution is -2.41. The van der Waals surface area contributed by atoms with Gasteiger partial charge in [0.05, 0.1) is 18.6 Å². The lowest BCUT2D eigenvalue weighted by atomic mass is 9.71. The molecule has 0 aliphatic carbocycles. The summed E-state index contributed by atoms with van der Waals surface area (Å²) in [5.41, 5.74) is 0.531. The second kappa shape index (κ2) is 5.84. The summed E-state index contributed by atoms with van der Waals surface area (Å²) in [5, 5.41) is 0. The predicted molar refractivity (Wildman–Crippen MR) is 83.5 cm³/mol. The van der Waals surface area contributed by atoms with Gasteiger partial charge in [0.25, 0.3) is 0 Å². The van der Waals surface area contributed by atoms with E-state index in [-0.39, 0.29) is 12.8 Å². The van der Waals surface area contributed by atoms with Crippen molar-refractivity contribution in [1.29, 1.82) is 0 Å². The highest BCUT2D eigenvalue weighted by Crippen LogP contribution is 2.40. The minimum absolute atomic E-state index is 0.0131. The van der Waals surface area contributed by atoms with Crippen LogP contribution in [-0.2, 0) is 18.8 Å². The highest BCUT2D eigenvalue weighted by atomic mass is 16.7. The molecule has 118 valence electrons. The molecule has 2 unspecified atom stereocenters. The van der Waals surface area contributed by atoms with Gasteiger partial charge in [-0.15, -0.1) is 0 Å². The van der Waals surface area contributed by atoms with Crippen molar-refractivity contribution in [2.45, 2.75) is 64.9 Å². The third kappa shape index (κ3) is 3.23. The largest absolute Gasteiger partial charge is 0.493 e. The Kier molecular flexibility index (Phi) is 4.23. The fraction of sp³-hybridized carbons (Fsp3) is 0.800. The molecule has 2 aliphatic heterocycles. The Bertz CT molecular complexity index is 490. The molecule has 0 spiro atoms. The molecule has 2 atom stereocenters. The Balaban J connectivity index is 2.36. The fourth-order valence-corrected chi connectivity index (χ4v) is 2.42. The first kappa shape index (κ1) is 15.2. The van der Waals surface area contributed by atoms with Crippen LogP contribution in [0.5, 0.6) is 0 Å². The van der Waals surface area contributed by atoms with Gasteiger partial charge in [-0.05, 0) is 53.1 Å². The quantitative estimate of drug-likeness (QED) is 0.590. The smallest absolute Gasteiger partial charge is 0.399 e. The molecular formula is C15H26BNO4. The van der Waals surface area contributed by atoms with E-state index in [9.17, 15) is 0 Å². The molecule has 2 rings (SSSR count). The number of hydrogen-bond donors (Lipinski definition) is 0. The number of aliphatic imine (C=N–C) groups is 1. The second-order valence-corrected chi connectivity index (χ2v) is 6.55. The van der Waals surface area contributed by atoms with E-state index in [1.54, 1.807) is 0 Å². The molecular weight excluding hydrogens is 269 g/mol. The van der Waals surface area contributed by atoms with Crippen LogP contribution in [0.15, 0.2) is 16.5 Å². The Labute approximate surface area is 129 Å². The average molecular weight is 296 g/mol. The van der Waals surface area contributed by atoms with Gasteiger partial charge in [0, 0.05) is 12.8 Å². The van der Waals surface area contributed by atoms with Crippen molar-refractivity contribution < 1.29 is 20.2 Å². The first-order valence-electron chi connectivity index (χ1n) is 7.78. The van der Waals surface area contributed by atoms with Crippen LogP contribution in [0.25, 0.3) is 0 Å². The van der Waals surface area contributed by atoms with Crippen molar-refractivity contribution >= 4 is 12.8 Å². The number of methoxy groups -OCH3 is 1. The summed E-state index contributed by atoms with van der Waals surface area (Å²) in [6.45, 7) is 11.7. The Hall–Kier alpha value is -0.685. The lowest BCUT2D eigenvalue weighted by Gasteiger charge is -2.32. The molecule has 0 saturated carbocycles. The van der Waals surface area contributed by atoms with Crippen molar-refractivity contribution in [2.24, 2.45) is 4.99 Å². The molecule has 6 heteroatoms. The number of nitrogens with zero attached hydrogens (tertiary/aromatic N) is 1. The Morgan fingerprint density at radius 2 is 1.90 bits per heavy atom. The zero-order chi connectivity index (χ0) is 16.8. The summed E-state index contributed by atoms with van der Waals surface area (Å²) < 4.78 is 31.6. The number of rotatable bonds is 4. The summed E-state index contributed by atoms with van der Waals surface area (Å²) in [7, 11) is 0.899. The molecule has 21 heavy (non-hydrogen) atoms. The van der Waals surface area contributed by atoms with E-state index < -0.39 is 24.4 Å². The number of ether oxygens (including phenoxy) is 2. The van der Waals surface area contributed by atoms with Crippen LogP contribution in [0.1, 0.15) is 42.9 Å². The molecule has 0 amide bonds. The molecule has 0 bridgehead atoms. The Morgan fingerprint density at radius 1 is 1.33 bits per heavy atom. The molecule has 0 aromatic heterocycles. The lowest BCUT2D eigenvalue weighted by molar-refractivity contribution is -0.0636. The van der Waals surface area contributed by atoms with E-state index in [1.165, 1.54) is 7.11 Å². The standard InChI is InChI=1S/C15H26BNO4/c1-10-8-12(13(11(2)17-10)19-9-18-7)16-20-14(3,4)15(5,6)21-16/h8,11,13H,9H2,1-7H3/i13D. The van der Waals surface area contributed by atoms with Crippen molar-refractivity contribution in [3.05, 3.63) is 11.5 Å². The molecule has 0 N–H and O–H groups in total. The van der Waals surface area contributed by atoms with Gasteiger partial charge >= 0.3 is 7.12 Å². The van der Waals surface area contributed by atoms with Gasteiger partial charge in [0.1, 0.15) is 12.9 Å². The summed E-state index contributed by atoms with van der Waals surface area (Å²) in [6, 6.07) is -0.373. The summed E-state index contributed by atoms with van der Waals surface area (Å²) >= 11 is 0. The molecule has 1 saturated heterocycles. The van der Waals surface area contributed by atoms with Crippen LogP contribution < -0.4 is 0 Å². The van der Waals surface area contributed by atoms with Crippen molar-refractivity contribution in [3.8, 4) is 0 Å². The van der Waals surface area contributed by atoms with Gasteiger partial charge in [-0.2, -0.15) is 0 Å². The molecule has 2 heterocycles. The second-order valence-electron chi connectivity index (χ2n) is 6.55. The van der Waals surface area contributed by atoms with Crippen LogP contribution in [0.4, 0.5) is 0 Å². The summed E-state index contributed by atoms with van der Waals surface area (Å²) in [4.78, 5) is 4.44. The molecule has 0 radical (unpaired) electrons. The van der Waals surface area contributed by atoms with Crippen LogP contribution >= 0.6 is 0 Å². The van der Waals surface area contributed by atoms with E-state index in [2.05, 4.69) is 4.99 Å². The van der Waals surface area contributed by atoms with Crippen molar-refractivity contribution in [3.63, 3.8) is 0 Å². The highest BCUT2D eigenvalue weighted by molar-refractivity contribution is 6.55. The third-order valence-electron chi connectivity index (χ3n) is 4.27. The summed E-state index contributed by atoms with van der Waals surface area (Å²) in [6.07, 6.45) is 0.460. The number of hydrogen-bond acceptors (Lipinski definition) is 5. The zero-order valence-corrected chi connectivity index (χ0v) is 14.0. The van der Waals surface area contributed by atoms with Crippen LogP contribution in [0, 0.1) is 0 Å². The molecule has 0 aromatic carbocycles. The Morgan fingerprint density at radius 3 is 2.43 bits per heavy atom. The first-order chi connectivity index (χ1) is 10.0. The van der Waals surface area contributed by atoms with Gasteiger partial charge in [-0.25, -0.2) is 0 Å². The monoisotopic (exact) mass is 296 g/mol. The molecule has 0 aromatic rings. The van der Waals surface area contributed by atoms with E-state index in [4.69, 9.17) is 20.2 Å². The third-order valence-corrected chi connectivity index (χ3v) is 4.27. The van der Waals surface area contributed by atoms with Crippen molar-refractivity contribution in [1.82, 2.24) is 0 Å². The van der Waals surface area contributed by atoms with Gasteiger partial charge in [0.15, 0.2) is 0 Å². The topological polar surface area (TPSA) is 49.3 Å². The van der Waals surface area contributed by atoms with Gasteiger partial charge in [0.2, 0.25) is 0 Å². The number of dihydropyridines is 1. The highest BCUT2D eigenvalue weighted by Gasteiger charge is 2.54. The van der Waals surface area contributed by atoms with Crippen LogP contribution in [-0.4, -0.2) is 50.1 Å². The first-order valence-corrected chi connectivity index (χ1v) is 7.28. The fourth-order valence-electron chi connectivity index (χ4n) is 2.42. The maximum Gasteiger partial charge on any atom is 0.493 e. The molecule has 5 nitrogen and oxygen atoms in total. The normalized spacial score (nSPS) is 35.3. The van der Waals surface area contributed by atoms with Gasteiger partial charge in [-0.1, -0.05) is 0 Å². The number of allylic oxidation sites excluding steroid dienone is 1. The zero-order valence-electron chi connectivity index (χ0n) is 15.0. The van der Waals surface area contributed by atoms with E-state index in [1.807, 2.05) is 47.6 Å². The SMILES string of the molecule is [2H]C1(OCOC)C(B2OC(C)(C)C(C)(C)O2)=CC(C)=NC1C. The van der Waals surface area contributed by atoms with Crippen LogP contribution in [0.3, 0.4) is 0 Å². The van der Waals surface area contributed by atoms with Crippen molar-refractivity contribution in [2.75, 3.05) is 13.9 Å². The average Bonchev–Trinajstić information content (AvgIpc) is 2.60. The summed E-state index contributed by atoms with van der Waals surface area (Å²) in [5.74, 6) is 0.